The normalized spacial score (nSPS) is 41.6. The summed E-state index contributed by atoms with van der Waals surface area (Å²) in [6.07, 6.45) is 3.72. The molecule has 56 heavy (non-hydrogen) atoms. The molecule has 3 aliphatic heterocycles. The molecule has 4 aliphatic rings. The van der Waals surface area contributed by atoms with Crippen molar-refractivity contribution >= 4 is 23.4 Å². The van der Waals surface area contributed by atoms with Gasteiger partial charge in [-0.3, -0.25) is 14.4 Å². The molecule has 14 atom stereocenters. The number of amides is 1. The first-order valence-electron chi connectivity index (χ1n) is 20.8. The Morgan fingerprint density at radius 3 is 2.21 bits per heavy atom. The van der Waals surface area contributed by atoms with Crippen LogP contribution in [0.25, 0.3) is 0 Å². The molecule has 0 aromatic heterocycles. The zero-order chi connectivity index (χ0) is 41.5. The number of aliphatic hydroxyl groups is 3. The summed E-state index contributed by atoms with van der Waals surface area (Å²) in [5.41, 5.74) is 1.66. The van der Waals surface area contributed by atoms with Crippen LogP contribution in [0, 0.1) is 29.6 Å². The number of methoxy groups -OCH3 is 3. The van der Waals surface area contributed by atoms with Gasteiger partial charge in [-0.15, -0.1) is 0 Å². The van der Waals surface area contributed by atoms with Crippen LogP contribution in [0.1, 0.15) is 112 Å². The lowest BCUT2D eigenvalue weighted by Crippen LogP contribution is -2.64. The zero-order valence-electron chi connectivity index (χ0n) is 35.1. The lowest BCUT2D eigenvalue weighted by Gasteiger charge is -2.47. The molecule has 0 aromatic carbocycles. The standard InChI is InChI=1S/C43H69NO12/c1-10-30-18-24(2)17-25(3)19-36(53-8)39-37(54-9)21-27(5)43(51,56-39)40(48)41(49)44-16-12-11-13-31(44)42(50)55-38(28(6)33(46)23-34(30)47)26(4)20-29-14-15-32(45)35(22-29)52-7/h18,20,25,27-33,35-39,45-46,51H,10-17,19,21-23H2,1-9H3/b24-18-,26-20+/t25-,27-,28-,29+,30-,31+,32-,33?,35-,36+,37+,38-,39-,43-/m1/s1. The molecule has 0 radical (unpaired) electrons. The molecule has 3 heterocycles. The summed E-state index contributed by atoms with van der Waals surface area (Å²) in [5.74, 6) is -7.50. The third-order valence-electron chi connectivity index (χ3n) is 12.9. The highest BCUT2D eigenvalue weighted by molar-refractivity contribution is 6.39. The Hall–Kier alpha value is -2.52. The number of carbonyl (C=O) groups is 4. The summed E-state index contributed by atoms with van der Waals surface area (Å²) in [6.45, 7) is 11.3. The fraction of sp³-hybridized carbons (Fsp3) is 0.814. The minimum atomic E-state index is -2.50. The van der Waals surface area contributed by atoms with Crippen LogP contribution >= 0.6 is 0 Å². The van der Waals surface area contributed by atoms with E-state index in [0.717, 1.165) is 5.57 Å². The van der Waals surface area contributed by atoms with Crippen molar-refractivity contribution in [3.8, 4) is 0 Å². The number of nitrogens with zero attached hydrogens (tertiary/aromatic N) is 1. The number of piperidine rings is 1. The van der Waals surface area contributed by atoms with E-state index in [4.69, 9.17) is 23.7 Å². The van der Waals surface area contributed by atoms with Gasteiger partial charge in [0.2, 0.25) is 5.79 Å². The van der Waals surface area contributed by atoms with Crippen LogP contribution < -0.4 is 0 Å². The van der Waals surface area contributed by atoms with Crippen molar-refractivity contribution in [2.75, 3.05) is 27.9 Å². The first kappa shape index (κ1) is 46.2. The van der Waals surface area contributed by atoms with Gasteiger partial charge in [0.1, 0.15) is 24.0 Å². The Balaban J connectivity index is 1.76. The van der Waals surface area contributed by atoms with Crippen molar-refractivity contribution in [2.45, 2.75) is 167 Å². The summed E-state index contributed by atoms with van der Waals surface area (Å²) in [4.78, 5) is 57.6. The molecule has 318 valence electrons. The minimum absolute atomic E-state index is 0.000914. The molecule has 2 saturated heterocycles. The number of aliphatic hydroxyl groups excluding tert-OH is 2. The van der Waals surface area contributed by atoms with Crippen LogP contribution in [0.3, 0.4) is 0 Å². The van der Waals surface area contributed by atoms with Crippen molar-refractivity contribution < 1.29 is 58.2 Å². The largest absolute Gasteiger partial charge is 0.456 e. The fourth-order valence-corrected chi connectivity index (χ4v) is 9.39. The number of ketones is 2. The SMILES string of the molecule is CC[C@@H]1/C=C(/C)C[C@@H](C)C[C@H](OC)[C@H]2O[C@@](O)(C(=O)C(=O)N3CCCC[C@H]3C(=O)O[C@H](/C(C)=C/[C@@H]3CC[C@@H](O)[C@H](OC)C3)[C@H](C)C(O)CC1=O)[C@H](C)C[C@@H]2OC. The van der Waals surface area contributed by atoms with E-state index in [1.165, 1.54) is 19.1 Å². The predicted octanol–water partition coefficient (Wildman–Crippen LogP) is 4.47. The molecular weight excluding hydrogens is 722 g/mol. The van der Waals surface area contributed by atoms with Gasteiger partial charge in [0, 0.05) is 52.0 Å². The van der Waals surface area contributed by atoms with Gasteiger partial charge < -0.3 is 43.9 Å². The number of hydrogen-bond donors (Lipinski definition) is 3. The number of cyclic esters (lactones) is 1. The number of Topliss-reactive ketones (excluding diaryl/α,β-unsaturated/α-hetero) is 2. The molecule has 1 saturated carbocycles. The van der Waals surface area contributed by atoms with Crippen molar-refractivity contribution in [2.24, 2.45) is 29.6 Å². The predicted molar refractivity (Wildman–Crippen MR) is 208 cm³/mol. The molecule has 13 nitrogen and oxygen atoms in total. The van der Waals surface area contributed by atoms with E-state index in [0.29, 0.717) is 56.9 Å². The summed E-state index contributed by atoms with van der Waals surface area (Å²) >= 11 is 0. The number of allylic oxidation sites excluding steroid dienone is 3. The smallest absolute Gasteiger partial charge is 0.329 e. The van der Waals surface area contributed by atoms with Gasteiger partial charge in [-0.1, -0.05) is 45.4 Å². The average Bonchev–Trinajstić information content (AvgIpc) is 3.18. The van der Waals surface area contributed by atoms with Crippen LogP contribution in [0.4, 0.5) is 0 Å². The monoisotopic (exact) mass is 791 g/mol. The van der Waals surface area contributed by atoms with E-state index in [2.05, 4.69) is 6.92 Å². The van der Waals surface area contributed by atoms with Gasteiger partial charge in [0.25, 0.3) is 11.7 Å². The summed E-state index contributed by atoms with van der Waals surface area (Å²) in [5, 5.41) is 34.1. The van der Waals surface area contributed by atoms with Crippen LogP contribution in [0.2, 0.25) is 0 Å². The zero-order valence-corrected chi connectivity index (χ0v) is 35.1. The second kappa shape index (κ2) is 20.4. The van der Waals surface area contributed by atoms with Gasteiger partial charge in [0.15, 0.2) is 0 Å². The van der Waals surface area contributed by atoms with Gasteiger partial charge in [-0.2, -0.15) is 0 Å². The highest BCUT2D eigenvalue weighted by atomic mass is 16.7. The summed E-state index contributed by atoms with van der Waals surface area (Å²) < 4.78 is 29.7. The Labute approximate surface area is 333 Å². The van der Waals surface area contributed by atoms with Crippen LogP contribution in [0.5, 0.6) is 0 Å². The highest BCUT2D eigenvalue weighted by Crippen LogP contribution is 2.39. The number of esters is 1. The number of ether oxygens (including phenoxy) is 5. The van der Waals surface area contributed by atoms with Crippen molar-refractivity contribution in [3.05, 3.63) is 23.3 Å². The van der Waals surface area contributed by atoms with Crippen molar-refractivity contribution in [3.63, 3.8) is 0 Å². The van der Waals surface area contributed by atoms with Crippen molar-refractivity contribution in [1.82, 2.24) is 4.90 Å². The third kappa shape index (κ3) is 10.7. The lowest BCUT2D eigenvalue weighted by molar-refractivity contribution is -0.302. The maximum Gasteiger partial charge on any atom is 0.329 e. The number of fused-ring (bicyclic) bond motifs is 3. The second-order valence-electron chi connectivity index (χ2n) is 17.2. The molecule has 2 bridgehead atoms. The second-order valence-corrected chi connectivity index (χ2v) is 17.2. The average molecular weight is 792 g/mol. The molecule has 1 unspecified atom stereocenters. The van der Waals surface area contributed by atoms with Crippen LogP contribution in [-0.2, 0) is 42.9 Å². The van der Waals surface area contributed by atoms with E-state index in [9.17, 15) is 34.5 Å². The molecule has 1 aliphatic carbocycles. The van der Waals surface area contributed by atoms with Gasteiger partial charge >= 0.3 is 5.97 Å². The third-order valence-corrected chi connectivity index (χ3v) is 12.9. The maximum absolute atomic E-state index is 14.3. The topological polar surface area (TPSA) is 178 Å². The molecule has 13 heteroatoms. The van der Waals surface area contributed by atoms with Crippen LogP contribution in [-0.4, -0.2) is 126 Å². The Kier molecular flexibility index (Phi) is 16.9. The Bertz CT molecular complexity index is 1430. The minimum Gasteiger partial charge on any atom is -0.456 e. The van der Waals surface area contributed by atoms with Crippen LogP contribution in [0.15, 0.2) is 23.3 Å². The first-order valence-corrected chi connectivity index (χ1v) is 20.8. The maximum atomic E-state index is 14.3. The lowest BCUT2D eigenvalue weighted by atomic mass is 9.81. The molecule has 3 fully saturated rings. The summed E-state index contributed by atoms with van der Waals surface area (Å²) in [6, 6.07) is -1.13. The molecule has 4 rings (SSSR count). The molecule has 0 spiro atoms. The van der Waals surface area contributed by atoms with Gasteiger partial charge in [0.05, 0.1) is 30.5 Å². The van der Waals surface area contributed by atoms with E-state index < -0.39 is 83.9 Å². The van der Waals surface area contributed by atoms with Gasteiger partial charge in [-0.25, -0.2) is 4.79 Å². The molecule has 1 amide bonds. The fourth-order valence-electron chi connectivity index (χ4n) is 9.39. The van der Waals surface area contributed by atoms with Crippen molar-refractivity contribution in [1.29, 1.82) is 0 Å². The number of carbonyl (C=O) groups excluding carboxylic acids is 4. The first-order chi connectivity index (χ1) is 26.5. The Morgan fingerprint density at radius 2 is 1.57 bits per heavy atom. The van der Waals surface area contributed by atoms with E-state index in [-0.39, 0.29) is 49.5 Å². The van der Waals surface area contributed by atoms with E-state index >= 15 is 0 Å². The summed E-state index contributed by atoms with van der Waals surface area (Å²) in [7, 11) is 4.63. The quantitative estimate of drug-likeness (QED) is 0.196. The Morgan fingerprint density at radius 1 is 0.911 bits per heavy atom. The van der Waals surface area contributed by atoms with E-state index in [1.807, 2.05) is 32.9 Å². The highest BCUT2D eigenvalue weighted by Gasteiger charge is 2.56. The molecule has 3 N–H and O–H groups in total. The number of rotatable bonds is 6. The van der Waals surface area contributed by atoms with Gasteiger partial charge in [-0.05, 0) is 95.5 Å². The van der Waals surface area contributed by atoms with E-state index in [1.54, 1.807) is 21.0 Å². The molecule has 0 aromatic rings. The molecular formula is C43H69NO12. The number of hydrogen-bond acceptors (Lipinski definition) is 12.